The fourth-order valence-corrected chi connectivity index (χ4v) is 1.90. The van der Waals surface area contributed by atoms with Crippen LogP contribution in [0.1, 0.15) is 11.1 Å². The van der Waals surface area contributed by atoms with Crippen LogP contribution in [0.2, 0.25) is 0 Å². The van der Waals surface area contributed by atoms with Gasteiger partial charge in [0.25, 0.3) is 0 Å². The van der Waals surface area contributed by atoms with Gasteiger partial charge in [-0.15, -0.1) is 0 Å². The molecule has 2 nitrogen and oxygen atoms in total. The summed E-state index contributed by atoms with van der Waals surface area (Å²) >= 11 is 0. The summed E-state index contributed by atoms with van der Waals surface area (Å²) in [7, 11) is 0. The van der Waals surface area contributed by atoms with Crippen molar-refractivity contribution in [1.82, 2.24) is 0 Å². The molecule has 0 saturated heterocycles. The van der Waals surface area contributed by atoms with Gasteiger partial charge in [-0.05, 0) is 37.1 Å². The van der Waals surface area contributed by atoms with Gasteiger partial charge < -0.3 is 11.5 Å². The zero-order chi connectivity index (χ0) is 10.3. The van der Waals surface area contributed by atoms with Crippen molar-refractivity contribution in [2.24, 2.45) is 0 Å². The predicted molar refractivity (Wildman–Crippen MR) is 62.2 cm³/mol. The first-order chi connectivity index (χ1) is 6.61. The summed E-state index contributed by atoms with van der Waals surface area (Å²) in [5.74, 6) is 0. The van der Waals surface area contributed by atoms with Gasteiger partial charge in [0, 0.05) is 22.1 Å². The molecule has 2 heteroatoms. The number of nitrogen functional groups attached to an aromatic ring is 2. The lowest BCUT2D eigenvalue weighted by molar-refractivity contribution is 1.48. The zero-order valence-electron chi connectivity index (χ0n) is 8.46. The third-order valence-electron chi connectivity index (χ3n) is 2.64. The molecule has 72 valence electrons. The van der Waals surface area contributed by atoms with Crippen LogP contribution >= 0.6 is 0 Å². The number of nitrogens with two attached hydrogens (primary N) is 2. The highest BCUT2D eigenvalue weighted by atomic mass is 14.6. The van der Waals surface area contributed by atoms with Gasteiger partial charge in [-0.2, -0.15) is 0 Å². The van der Waals surface area contributed by atoms with E-state index in [9.17, 15) is 0 Å². The minimum Gasteiger partial charge on any atom is -0.398 e. The third-order valence-corrected chi connectivity index (χ3v) is 2.64. The number of hydrogen-bond acceptors (Lipinski definition) is 2. The minimum atomic E-state index is 0.801. The van der Waals surface area contributed by atoms with E-state index in [1.807, 2.05) is 24.3 Å². The Morgan fingerprint density at radius 1 is 0.714 bits per heavy atom. The van der Waals surface area contributed by atoms with E-state index in [-0.39, 0.29) is 0 Å². The lowest BCUT2D eigenvalue weighted by atomic mass is 9.98. The van der Waals surface area contributed by atoms with E-state index in [2.05, 4.69) is 13.8 Å². The molecule has 0 saturated carbocycles. The molecule has 0 aliphatic rings. The normalized spacial score (nSPS) is 10.7. The Bertz CT molecular complexity index is 412. The predicted octanol–water partition coefficient (Wildman–Crippen LogP) is 2.62. The van der Waals surface area contributed by atoms with Gasteiger partial charge in [-0.3, -0.25) is 0 Å². The maximum Gasteiger partial charge on any atom is 0.0397 e. The molecule has 0 heterocycles. The maximum absolute atomic E-state index is 5.94. The molecule has 0 radical (unpaired) electrons. The van der Waals surface area contributed by atoms with E-state index >= 15 is 0 Å². The topological polar surface area (TPSA) is 52.0 Å². The van der Waals surface area contributed by atoms with Crippen LogP contribution < -0.4 is 11.5 Å². The Labute approximate surface area is 83.5 Å². The van der Waals surface area contributed by atoms with E-state index in [1.165, 1.54) is 11.1 Å². The number of fused-ring (bicyclic) bond motifs is 1. The molecule has 0 unspecified atom stereocenters. The smallest absolute Gasteiger partial charge is 0.0397 e. The molecule has 0 amide bonds. The summed E-state index contributed by atoms with van der Waals surface area (Å²) in [6, 6.07) is 7.88. The number of hydrogen-bond donors (Lipinski definition) is 2. The standard InChI is InChI=1S/C12H14N2/c1-7-3-5-10(14)12-8(2)4-6-9(13)11(7)12/h3-6H,13-14H2,1-2H3. The molecular weight excluding hydrogens is 172 g/mol. The first-order valence-corrected chi connectivity index (χ1v) is 4.65. The van der Waals surface area contributed by atoms with E-state index in [0.29, 0.717) is 0 Å². The van der Waals surface area contributed by atoms with Crippen molar-refractivity contribution in [3.8, 4) is 0 Å². The fourth-order valence-electron chi connectivity index (χ4n) is 1.90. The highest BCUT2D eigenvalue weighted by Crippen LogP contribution is 2.31. The monoisotopic (exact) mass is 186 g/mol. The first-order valence-electron chi connectivity index (χ1n) is 4.65. The van der Waals surface area contributed by atoms with Gasteiger partial charge in [-0.1, -0.05) is 12.1 Å². The van der Waals surface area contributed by atoms with Crippen LogP contribution in [0.25, 0.3) is 10.8 Å². The highest BCUT2D eigenvalue weighted by Gasteiger charge is 2.06. The van der Waals surface area contributed by atoms with Crippen molar-refractivity contribution >= 4 is 22.1 Å². The summed E-state index contributed by atoms with van der Waals surface area (Å²) in [6.45, 7) is 4.11. The molecular formula is C12H14N2. The van der Waals surface area contributed by atoms with Crippen LogP contribution in [0.3, 0.4) is 0 Å². The van der Waals surface area contributed by atoms with Crippen LogP contribution in [-0.4, -0.2) is 0 Å². The van der Waals surface area contributed by atoms with Crippen molar-refractivity contribution in [2.75, 3.05) is 11.5 Å². The minimum absolute atomic E-state index is 0.801. The molecule has 14 heavy (non-hydrogen) atoms. The Kier molecular flexibility index (Phi) is 1.84. The van der Waals surface area contributed by atoms with Crippen LogP contribution in [0.5, 0.6) is 0 Å². The largest absolute Gasteiger partial charge is 0.398 e. The summed E-state index contributed by atoms with van der Waals surface area (Å²) in [5, 5.41) is 2.18. The van der Waals surface area contributed by atoms with Crippen LogP contribution in [0, 0.1) is 13.8 Å². The van der Waals surface area contributed by atoms with Crippen molar-refractivity contribution in [1.29, 1.82) is 0 Å². The quantitative estimate of drug-likeness (QED) is 0.621. The lowest BCUT2D eigenvalue weighted by Gasteiger charge is -2.10. The molecule has 0 bridgehead atoms. The maximum atomic E-state index is 5.94. The molecule has 2 aromatic rings. The Morgan fingerprint density at radius 2 is 1.07 bits per heavy atom. The molecule has 0 atom stereocenters. The van der Waals surface area contributed by atoms with Gasteiger partial charge in [0.2, 0.25) is 0 Å². The molecule has 0 aliphatic heterocycles. The van der Waals surface area contributed by atoms with Gasteiger partial charge in [-0.25, -0.2) is 0 Å². The summed E-state index contributed by atoms with van der Waals surface area (Å²) in [4.78, 5) is 0. The fraction of sp³-hybridized carbons (Fsp3) is 0.167. The second-order valence-electron chi connectivity index (χ2n) is 3.69. The first kappa shape index (κ1) is 8.88. The van der Waals surface area contributed by atoms with E-state index in [4.69, 9.17) is 11.5 Å². The molecule has 0 fully saturated rings. The van der Waals surface area contributed by atoms with Gasteiger partial charge in [0.05, 0.1) is 0 Å². The SMILES string of the molecule is Cc1ccc(N)c2c(C)ccc(N)c12. The van der Waals surface area contributed by atoms with E-state index in [0.717, 1.165) is 22.1 Å². The number of benzene rings is 2. The number of aryl methyl sites for hydroxylation is 2. The molecule has 0 aliphatic carbocycles. The zero-order valence-corrected chi connectivity index (χ0v) is 8.46. The second-order valence-corrected chi connectivity index (χ2v) is 3.69. The summed E-state index contributed by atoms with van der Waals surface area (Å²) in [5.41, 5.74) is 15.8. The van der Waals surface area contributed by atoms with Crippen molar-refractivity contribution in [3.63, 3.8) is 0 Å². The van der Waals surface area contributed by atoms with Crippen LogP contribution in [-0.2, 0) is 0 Å². The average Bonchev–Trinajstić information content (AvgIpc) is 2.16. The van der Waals surface area contributed by atoms with Crippen molar-refractivity contribution < 1.29 is 0 Å². The second kappa shape index (κ2) is 2.91. The summed E-state index contributed by atoms with van der Waals surface area (Å²) in [6.07, 6.45) is 0. The van der Waals surface area contributed by atoms with E-state index in [1.54, 1.807) is 0 Å². The van der Waals surface area contributed by atoms with Crippen molar-refractivity contribution in [2.45, 2.75) is 13.8 Å². The van der Waals surface area contributed by atoms with Crippen molar-refractivity contribution in [3.05, 3.63) is 35.4 Å². The van der Waals surface area contributed by atoms with Crippen LogP contribution in [0.4, 0.5) is 11.4 Å². The Morgan fingerprint density at radius 3 is 1.43 bits per heavy atom. The molecule has 2 rings (SSSR count). The van der Waals surface area contributed by atoms with Crippen LogP contribution in [0.15, 0.2) is 24.3 Å². The number of rotatable bonds is 0. The van der Waals surface area contributed by atoms with Gasteiger partial charge >= 0.3 is 0 Å². The van der Waals surface area contributed by atoms with E-state index < -0.39 is 0 Å². The van der Waals surface area contributed by atoms with Gasteiger partial charge in [0.1, 0.15) is 0 Å². The lowest BCUT2D eigenvalue weighted by Crippen LogP contribution is -1.95. The Hall–Kier alpha value is -1.70. The highest BCUT2D eigenvalue weighted by molar-refractivity contribution is 6.04. The Balaban J connectivity index is 3.05. The third kappa shape index (κ3) is 1.11. The molecule has 0 spiro atoms. The average molecular weight is 186 g/mol. The molecule has 4 N–H and O–H groups in total. The van der Waals surface area contributed by atoms with Gasteiger partial charge in [0.15, 0.2) is 0 Å². The summed E-state index contributed by atoms with van der Waals surface area (Å²) < 4.78 is 0. The molecule has 2 aromatic carbocycles. The molecule has 0 aromatic heterocycles. The number of anilines is 2.